The van der Waals surface area contributed by atoms with Gasteiger partial charge in [0, 0.05) is 6.54 Å². The van der Waals surface area contributed by atoms with Crippen molar-refractivity contribution < 1.29 is 13.2 Å². The number of benzene rings is 2. The number of thiazole rings is 1. The topological polar surface area (TPSA) is 68.5 Å². The van der Waals surface area contributed by atoms with Crippen LogP contribution in [-0.2, 0) is 26.9 Å². The first kappa shape index (κ1) is 18.3. The summed E-state index contributed by atoms with van der Waals surface area (Å²) in [5, 5.41) is 0. The Hall–Kier alpha value is -2.51. The summed E-state index contributed by atoms with van der Waals surface area (Å²) in [5.41, 5.74) is 1.60. The highest BCUT2D eigenvalue weighted by Gasteiger charge is 2.17. The molecule has 134 valence electrons. The van der Waals surface area contributed by atoms with Crippen LogP contribution in [0.25, 0.3) is 10.2 Å². The molecular weight excluding hydrogens is 368 g/mol. The highest BCUT2D eigenvalue weighted by Crippen LogP contribution is 2.16. The summed E-state index contributed by atoms with van der Waals surface area (Å²) in [6.07, 6.45) is 1.72. The molecule has 0 saturated carbocycles. The lowest BCUT2D eigenvalue weighted by Gasteiger charge is -2.02. The number of nitrogens with zero attached hydrogens (tertiary/aromatic N) is 2. The van der Waals surface area contributed by atoms with Crippen molar-refractivity contribution in [1.29, 1.82) is 0 Å². The maximum Gasteiger partial charge on any atom is 0.263 e. The van der Waals surface area contributed by atoms with Crippen LogP contribution in [0.1, 0.15) is 5.56 Å². The average Bonchev–Trinajstić information content (AvgIpc) is 2.92. The Morgan fingerprint density at radius 3 is 2.54 bits per heavy atom. The number of hydrogen-bond acceptors (Lipinski definition) is 4. The van der Waals surface area contributed by atoms with Crippen molar-refractivity contribution in [2.75, 3.05) is 5.75 Å². The molecule has 0 aliphatic heterocycles. The van der Waals surface area contributed by atoms with E-state index in [0.29, 0.717) is 16.9 Å². The molecule has 3 aromatic rings. The van der Waals surface area contributed by atoms with Crippen molar-refractivity contribution in [2.45, 2.75) is 12.3 Å². The first-order chi connectivity index (χ1) is 12.5. The highest BCUT2D eigenvalue weighted by molar-refractivity contribution is 7.91. The van der Waals surface area contributed by atoms with Crippen molar-refractivity contribution in [1.82, 2.24) is 4.57 Å². The Morgan fingerprint density at radius 1 is 1.12 bits per heavy atom. The number of carbonyl (C=O) groups excluding carboxylic acids is 1. The predicted molar refractivity (Wildman–Crippen MR) is 105 cm³/mol. The van der Waals surface area contributed by atoms with Crippen LogP contribution in [0.3, 0.4) is 0 Å². The minimum Gasteiger partial charge on any atom is -0.313 e. The lowest BCUT2D eigenvalue weighted by Crippen LogP contribution is -2.21. The van der Waals surface area contributed by atoms with Gasteiger partial charge in [-0.2, -0.15) is 4.99 Å². The molecule has 0 radical (unpaired) electrons. The van der Waals surface area contributed by atoms with Crippen LogP contribution >= 0.6 is 11.3 Å². The van der Waals surface area contributed by atoms with Crippen LogP contribution < -0.4 is 4.80 Å². The van der Waals surface area contributed by atoms with Crippen LogP contribution in [-0.4, -0.2) is 24.6 Å². The van der Waals surface area contributed by atoms with E-state index < -0.39 is 21.5 Å². The second-order valence-electron chi connectivity index (χ2n) is 5.78. The Labute approximate surface area is 155 Å². The van der Waals surface area contributed by atoms with Crippen molar-refractivity contribution >= 4 is 37.3 Å². The van der Waals surface area contributed by atoms with E-state index in [0.717, 1.165) is 10.2 Å². The third kappa shape index (κ3) is 4.36. The first-order valence-electron chi connectivity index (χ1n) is 8.00. The van der Waals surface area contributed by atoms with Gasteiger partial charge in [-0.1, -0.05) is 59.9 Å². The Kier molecular flexibility index (Phi) is 5.49. The Morgan fingerprint density at radius 2 is 1.81 bits per heavy atom. The molecule has 7 heteroatoms. The molecule has 2 aromatic carbocycles. The van der Waals surface area contributed by atoms with Gasteiger partial charge in [-0.05, 0) is 17.7 Å². The molecule has 0 fully saturated rings. The van der Waals surface area contributed by atoms with E-state index in [1.807, 2.05) is 34.9 Å². The summed E-state index contributed by atoms with van der Waals surface area (Å²) < 4.78 is 27.4. The smallest absolute Gasteiger partial charge is 0.263 e. The molecule has 26 heavy (non-hydrogen) atoms. The minimum absolute atomic E-state index is 0.172. The molecule has 1 heterocycles. The standard InChI is InChI=1S/C19H18N2O3S2/c1-2-12-21-16-10-6-7-11-17(16)25-19(21)20-18(22)14-26(23,24)13-15-8-4-3-5-9-15/h2-11H,1,12-14H2. The molecule has 0 aliphatic rings. The van der Waals surface area contributed by atoms with Gasteiger partial charge in [0.15, 0.2) is 14.6 Å². The van der Waals surface area contributed by atoms with Crippen LogP contribution in [0.5, 0.6) is 0 Å². The zero-order valence-electron chi connectivity index (χ0n) is 14.0. The van der Waals surface area contributed by atoms with Gasteiger partial charge in [-0.3, -0.25) is 4.79 Å². The SMILES string of the molecule is C=CCn1c(=NC(=O)CS(=O)(=O)Cc2ccccc2)sc2ccccc21. The molecular formula is C19H18N2O3S2. The van der Waals surface area contributed by atoms with Gasteiger partial charge < -0.3 is 4.57 Å². The van der Waals surface area contributed by atoms with Crippen molar-refractivity contribution in [3.63, 3.8) is 0 Å². The normalized spacial score (nSPS) is 12.4. The molecule has 0 aliphatic carbocycles. The molecule has 1 amide bonds. The molecule has 0 unspecified atom stereocenters. The van der Waals surface area contributed by atoms with E-state index in [1.54, 1.807) is 30.3 Å². The van der Waals surface area contributed by atoms with E-state index >= 15 is 0 Å². The van der Waals surface area contributed by atoms with Crippen molar-refractivity contribution in [2.24, 2.45) is 4.99 Å². The summed E-state index contributed by atoms with van der Waals surface area (Å²) >= 11 is 1.36. The lowest BCUT2D eigenvalue weighted by atomic mass is 10.2. The molecule has 0 bridgehead atoms. The van der Waals surface area contributed by atoms with Gasteiger partial charge in [0.2, 0.25) is 0 Å². The molecule has 3 rings (SSSR count). The fourth-order valence-electron chi connectivity index (χ4n) is 2.62. The fourth-order valence-corrected chi connectivity index (χ4v) is 4.92. The Bertz CT molecular complexity index is 1110. The first-order valence-corrected chi connectivity index (χ1v) is 10.6. The third-order valence-electron chi connectivity index (χ3n) is 3.69. The van der Waals surface area contributed by atoms with Gasteiger partial charge in [0.1, 0.15) is 5.75 Å². The van der Waals surface area contributed by atoms with Gasteiger partial charge in [0.25, 0.3) is 5.91 Å². The van der Waals surface area contributed by atoms with Gasteiger partial charge >= 0.3 is 0 Å². The average molecular weight is 386 g/mol. The quantitative estimate of drug-likeness (QED) is 0.612. The maximum absolute atomic E-state index is 12.3. The number of amides is 1. The minimum atomic E-state index is -3.58. The summed E-state index contributed by atoms with van der Waals surface area (Å²) in [4.78, 5) is 16.8. The molecule has 5 nitrogen and oxygen atoms in total. The molecule has 1 aromatic heterocycles. The largest absolute Gasteiger partial charge is 0.313 e. The second kappa shape index (κ2) is 7.80. The number of para-hydroxylation sites is 1. The number of allylic oxidation sites excluding steroid dienone is 1. The summed E-state index contributed by atoms with van der Waals surface area (Å²) in [6, 6.07) is 16.5. The monoisotopic (exact) mass is 386 g/mol. The van der Waals surface area contributed by atoms with E-state index in [-0.39, 0.29) is 5.75 Å². The van der Waals surface area contributed by atoms with E-state index in [1.165, 1.54) is 11.3 Å². The lowest BCUT2D eigenvalue weighted by molar-refractivity contribution is -0.115. The molecule has 0 saturated heterocycles. The second-order valence-corrected chi connectivity index (χ2v) is 8.85. The number of sulfone groups is 1. The van der Waals surface area contributed by atoms with Gasteiger partial charge in [-0.25, -0.2) is 8.42 Å². The van der Waals surface area contributed by atoms with Gasteiger partial charge in [-0.15, -0.1) is 6.58 Å². The summed E-state index contributed by atoms with van der Waals surface area (Å²) in [7, 11) is -3.58. The third-order valence-corrected chi connectivity index (χ3v) is 6.21. The number of fused-ring (bicyclic) bond motifs is 1. The number of hydrogen-bond donors (Lipinski definition) is 0. The van der Waals surface area contributed by atoms with E-state index in [4.69, 9.17) is 0 Å². The molecule has 0 atom stereocenters. The fraction of sp³-hybridized carbons (Fsp3) is 0.158. The zero-order chi connectivity index (χ0) is 18.6. The zero-order valence-corrected chi connectivity index (χ0v) is 15.7. The van der Waals surface area contributed by atoms with Gasteiger partial charge in [0.05, 0.1) is 16.0 Å². The maximum atomic E-state index is 12.3. The molecule has 0 spiro atoms. The molecule has 0 N–H and O–H groups in total. The van der Waals surface area contributed by atoms with Crippen molar-refractivity contribution in [3.8, 4) is 0 Å². The van der Waals surface area contributed by atoms with E-state index in [2.05, 4.69) is 11.6 Å². The van der Waals surface area contributed by atoms with Crippen LogP contribution in [0, 0.1) is 0 Å². The number of aromatic nitrogens is 1. The highest BCUT2D eigenvalue weighted by atomic mass is 32.2. The predicted octanol–water partition coefficient (Wildman–Crippen LogP) is 2.93. The van der Waals surface area contributed by atoms with Crippen molar-refractivity contribution in [3.05, 3.63) is 77.6 Å². The van der Waals surface area contributed by atoms with Crippen LogP contribution in [0.2, 0.25) is 0 Å². The van der Waals surface area contributed by atoms with Crippen LogP contribution in [0.15, 0.2) is 72.2 Å². The Balaban J connectivity index is 1.88. The number of carbonyl (C=O) groups is 1. The summed E-state index contributed by atoms with van der Waals surface area (Å²) in [5.74, 6) is -1.44. The number of rotatable bonds is 6. The summed E-state index contributed by atoms with van der Waals surface area (Å²) in [6.45, 7) is 4.22. The van der Waals surface area contributed by atoms with Crippen LogP contribution in [0.4, 0.5) is 0 Å². The van der Waals surface area contributed by atoms with E-state index in [9.17, 15) is 13.2 Å².